The maximum absolute atomic E-state index is 10.1. The summed E-state index contributed by atoms with van der Waals surface area (Å²) in [5, 5.41) is 13.1. The molecule has 2 heterocycles. The van der Waals surface area contributed by atoms with Crippen LogP contribution in [0.5, 0.6) is 17.2 Å². The lowest BCUT2D eigenvalue weighted by Gasteiger charge is -2.14. The Morgan fingerprint density at radius 2 is 2.08 bits per heavy atom. The predicted molar refractivity (Wildman–Crippen MR) is 88.7 cm³/mol. The molecular formula is C17H21N3O4. The molecule has 128 valence electrons. The van der Waals surface area contributed by atoms with Gasteiger partial charge >= 0.3 is 0 Å². The van der Waals surface area contributed by atoms with Crippen molar-refractivity contribution in [2.45, 2.75) is 25.9 Å². The first kappa shape index (κ1) is 16.3. The van der Waals surface area contributed by atoms with E-state index >= 15 is 0 Å². The highest BCUT2D eigenvalue weighted by Crippen LogP contribution is 2.35. The molecule has 2 N–H and O–H groups in total. The minimum absolute atomic E-state index is 0.161. The van der Waals surface area contributed by atoms with E-state index in [0.29, 0.717) is 29.6 Å². The summed E-state index contributed by atoms with van der Waals surface area (Å²) in [5.74, 6) is 3.70. The van der Waals surface area contributed by atoms with Gasteiger partial charge in [-0.15, -0.1) is 0 Å². The Labute approximate surface area is 140 Å². The number of hydrogen-bond donors (Lipinski definition) is 2. The number of ether oxygens (including phenoxy) is 3. The van der Waals surface area contributed by atoms with Crippen molar-refractivity contribution in [2.24, 2.45) is 0 Å². The zero-order valence-corrected chi connectivity index (χ0v) is 13.7. The van der Waals surface area contributed by atoms with Crippen molar-refractivity contribution in [3.8, 4) is 17.2 Å². The van der Waals surface area contributed by atoms with Crippen molar-refractivity contribution in [3.63, 3.8) is 0 Å². The van der Waals surface area contributed by atoms with Crippen molar-refractivity contribution in [1.82, 2.24) is 9.97 Å². The number of aromatic nitrogens is 2. The van der Waals surface area contributed by atoms with Crippen LogP contribution in [0.4, 0.5) is 5.82 Å². The van der Waals surface area contributed by atoms with E-state index in [1.165, 1.54) is 0 Å². The molecule has 3 rings (SSSR count). The van der Waals surface area contributed by atoms with Gasteiger partial charge in [-0.1, -0.05) is 13.8 Å². The minimum Gasteiger partial charge on any atom is -0.491 e. The van der Waals surface area contributed by atoms with E-state index in [0.717, 1.165) is 5.82 Å². The highest BCUT2D eigenvalue weighted by Gasteiger charge is 2.14. The number of rotatable bonds is 7. The SMILES string of the molecule is CC(C)c1nccc(NC[C@H](O)COc2ccc3c(c2)OCO3)n1. The normalized spacial score (nSPS) is 13.8. The van der Waals surface area contributed by atoms with Crippen LogP contribution in [-0.4, -0.2) is 41.1 Å². The number of fused-ring (bicyclic) bond motifs is 1. The van der Waals surface area contributed by atoms with E-state index in [1.54, 1.807) is 30.5 Å². The van der Waals surface area contributed by atoms with Crippen LogP contribution >= 0.6 is 0 Å². The van der Waals surface area contributed by atoms with Crippen molar-refractivity contribution >= 4 is 5.82 Å². The van der Waals surface area contributed by atoms with Crippen LogP contribution in [0.15, 0.2) is 30.5 Å². The van der Waals surface area contributed by atoms with E-state index in [1.807, 2.05) is 13.8 Å². The summed E-state index contributed by atoms with van der Waals surface area (Å²) < 4.78 is 16.1. The third-order valence-corrected chi connectivity index (χ3v) is 3.50. The average Bonchev–Trinajstić information content (AvgIpc) is 3.06. The van der Waals surface area contributed by atoms with Crippen molar-refractivity contribution in [3.05, 3.63) is 36.3 Å². The Kier molecular flexibility index (Phi) is 5.00. The maximum Gasteiger partial charge on any atom is 0.231 e. The van der Waals surface area contributed by atoms with E-state index in [-0.39, 0.29) is 19.3 Å². The van der Waals surface area contributed by atoms with E-state index < -0.39 is 6.10 Å². The summed E-state index contributed by atoms with van der Waals surface area (Å²) >= 11 is 0. The lowest BCUT2D eigenvalue weighted by atomic mass is 10.2. The molecule has 0 saturated carbocycles. The molecule has 7 heteroatoms. The van der Waals surface area contributed by atoms with Crippen molar-refractivity contribution < 1.29 is 19.3 Å². The van der Waals surface area contributed by atoms with Crippen LogP contribution in [0.2, 0.25) is 0 Å². The second-order valence-corrected chi connectivity index (χ2v) is 5.82. The second kappa shape index (κ2) is 7.35. The fraction of sp³-hybridized carbons (Fsp3) is 0.412. The van der Waals surface area contributed by atoms with Gasteiger partial charge in [0.1, 0.15) is 30.1 Å². The van der Waals surface area contributed by atoms with Crippen LogP contribution in [0.25, 0.3) is 0 Å². The van der Waals surface area contributed by atoms with Gasteiger partial charge in [0.15, 0.2) is 11.5 Å². The lowest BCUT2D eigenvalue weighted by Crippen LogP contribution is -2.26. The summed E-state index contributed by atoms with van der Waals surface area (Å²) in [6.45, 7) is 4.79. The Morgan fingerprint density at radius 1 is 1.25 bits per heavy atom. The predicted octanol–water partition coefficient (Wildman–Crippen LogP) is 2.18. The van der Waals surface area contributed by atoms with E-state index in [4.69, 9.17) is 14.2 Å². The topological polar surface area (TPSA) is 85.7 Å². The fourth-order valence-electron chi connectivity index (χ4n) is 2.19. The molecule has 1 aromatic carbocycles. The smallest absolute Gasteiger partial charge is 0.231 e. The molecule has 0 fully saturated rings. The van der Waals surface area contributed by atoms with Crippen molar-refractivity contribution in [1.29, 1.82) is 0 Å². The quantitative estimate of drug-likeness (QED) is 0.804. The molecule has 0 saturated heterocycles. The van der Waals surface area contributed by atoms with Crippen LogP contribution in [-0.2, 0) is 0 Å². The zero-order chi connectivity index (χ0) is 16.9. The maximum atomic E-state index is 10.1. The summed E-state index contributed by atoms with van der Waals surface area (Å²) in [6, 6.07) is 7.10. The van der Waals surface area contributed by atoms with Crippen LogP contribution < -0.4 is 19.5 Å². The van der Waals surface area contributed by atoms with E-state index in [2.05, 4.69) is 15.3 Å². The first-order valence-electron chi connectivity index (χ1n) is 7.89. The Balaban J connectivity index is 1.47. The van der Waals surface area contributed by atoms with Gasteiger partial charge in [0, 0.05) is 24.7 Å². The van der Waals surface area contributed by atoms with E-state index in [9.17, 15) is 5.11 Å². The van der Waals surface area contributed by atoms with Gasteiger partial charge in [-0.3, -0.25) is 0 Å². The molecule has 1 aliphatic heterocycles. The number of benzene rings is 1. The molecule has 0 bridgehead atoms. The molecule has 7 nitrogen and oxygen atoms in total. The summed E-state index contributed by atoms with van der Waals surface area (Å²) in [6.07, 6.45) is 1.04. The zero-order valence-electron chi connectivity index (χ0n) is 13.7. The Hall–Kier alpha value is -2.54. The standard InChI is InChI=1S/C17H21N3O4/c1-11(2)17-18-6-5-16(20-17)19-8-12(21)9-22-13-3-4-14-15(7-13)24-10-23-14/h3-7,11-12,21H,8-10H2,1-2H3,(H,18,19,20)/t12-/m0/s1. The number of nitrogens with zero attached hydrogens (tertiary/aromatic N) is 2. The van der Waals surface area contributed by atoms with Gasteiger partial charge in [-0.05, 0) is 18.2 Å². The average molecular weight is 331 g/mol. The van der Waals surface area contributed by atoms with Gasteiger partial charge in [-0.2, -0.15) is 0 Å². The number of anilines is 1. The molecule has 1 aliphatic rings. The van der Waals surface area contributed by atoms with Gasteiger partial charge in [-0.25, -0.2) is 9.97 Å². The summed E-state index contributed by atoms with van der Waals surface area (Å²) in [4.78, 5) is 8.61. The molecule has 0 spiro atoms. The molecule has 1 aromatic heterocycles. The largest absolute Gasteiger partial charge is 0.491 e. The first-order valence-corrected chi connectivity index (χ1v) is 7.89. The van der Waals surface area contributed by atoms with Gasteiger partial charge in [0.05, 0.1) is 0 Å². The summed E-state index contributed by atoms with van der Waals surface area (Å²) in [5.41, 5.74) is 0. The molecule has 0 amide bonds. The van der Waals surface area contributed by atoms with Crippen LogP contribution in [0, 0.1) is 0 Å². The number of aliphatic hydroxyl groups is 1. The lowest BCUT2D eigenvalue weighted by molar-refractivity contribution is 0.117. The molecule has 1 atom stereocenters. The Morgan fingerprint density at radius 3 is 2.92 bits per heavy atom. The molecular weight excluding hydrogens is 310 g/mol. The number of aliphatic hydroxyl groups excluding tert-OH is 1. The third-order valence-electron chi connectivity index (χ3n) is 3.50. The number of hydrogen-bond acceptors (Lipinski definition) is 7. The van der Waals surface area contributed by atoms with Gasteiger partial charge < -0.3 is 24.6 Å². The molecule has 2 aromatic rings. The van der Waals surface area contributed by atoms with Crippen molar-refractivity contribution in [2.75, 3.05) is 25.3 Å². The van der Waals surface area contributed by atoms with Gasteiger partial charge in [0.2, 0.25) is 6.79 Å². The number of nitrogens with one attached hydrogen (secondary N) is 1. The highest BCUT2D eigenvalue weighted by molar-refractivity contribution is 5.46. The fourth-order valence-corrected chi connectivity index (χ4v) is 2.19. The molecule has 0 aliphatic carbocycles. The minimum atomic E-state index is -0.673. The third kappa shape index (κ3) is 4.05. The molecule has 0 unspecified atom stereocenters. The summed E-state index contributed by atoms with van der Waals surface area (Å²) in [7, 11) is 0. The van der Waals surface area contributed by atoms with Gasteiger partial charge in [0.25, 0.3) is 0 Å². The molecule has 24 heavy (non-hydrogen) atoms. The second-order valence-electron chi connectivity index (χ2n) is 5.82. The Bertz CT molecular complexity index is 693. The van der Waals surface area contributed by atoms with Crippen LogP contribution in [0.3, 0.4) is 0 Å². The van der Waals surface area contributed by atoms with Crippen LogP contribution in [0.1, 0.15) is 25.6 Å². The monoisotopic (exact) mass is 331 g/mol. The highest BCUT2D eigenvalue weighted by atomic mass is 16.7. The molecule has 0 radical (unpaired) electrons. The first-order chi connectivity index (χ1) is 11.6.